The van der Waals surface area contributed by atoms with E-state index in [9.17, 15) is 9.13 Å². The zero-order chi connectivity index (χ0) is 106. The number of benzene rings is 10. The van der Waals surface area contributed by atoms with Gasteiger partial charge in [-0.15, -0.1) is 0 Å². The first-order chi connectivity index (χ1) is 67.2. The van der Waals surface area contributed by atoms with Crippen LogP contribution in [0.4, 0.5) is 102 Å². The van der Waals surface area contributed by atoms with Gasteiger partial charge in [-0.3, -0.25) is 36.9 Å². The van der Waals surface area contributed by atoms with Gasteiger partial charge in [-0.1, -0.05) is 161 Å². The number of nitrogens with zero attached hydrogens (tertiary/aromatic N) is 2. The minimum Gasteiger partial charge on any atom is -0.496 e. The second-order valence-electron chi connectivity index (χ2n) is 36.1. The molecule has 0 N–H and O–H groups in total. The van der Waals surface area contributed by atoms with Gasteiger partial charge in [-0.2, -0.15) is 79.0 Å². The molecule has 144 heavy (non-hydrogen) atoms. The van der Waals surface area contributed by atoms with Gasteiger partial charge < -0.3 is 28.4 Å². The highest BCUT2D eigenvalue weighted by atomic mass is 31.2. The summed E-state index contributed by atoms with van der Waals surface area (Å²) in [5.41, 5.74) is -20.3. The quantitative estimate of drug-likeness (QED) is 0.0115. The molecular formula is C103H106F20N2O17P2. The number of ether oxygens (including phenoxy) is 6. The van der Waals surface area contributed by atoms with Crippen LogP contribution in [0.2, 0.25) is 0 Å². The Hall–Kier alpha value is -11.6. The molecule has 0 heterocycles. The molecule has 2 amide bonds. The van der Waals surface area contributed by atoms with Gasteiger partial charge in [0.1, 0.15) is 34.3 Å². The van der Waals surface area contributed by atoms with Crippen molar-refractivity contribution >= 4 is 34.0 Å². The Morgan fingerprint density at radius 2 is 0.611 bits per heavy atom. The fourth-order valence-corrected chi connectivity index (χ4v) is 17.7. The molecule has 0 aromatic heterocycles. The molecular weight excluding hydrogens is 1980 g/mol. The number of phosphoric ester groups is 2. The van der Waals surface area contributed by atoms with Crippen molar-refractivity contribution in [1.82, 2.24) is 9.80 Å². The summed E-state index contributed by atoms with van der Waals surface area (Å²) in [6.07, 6.45) is -52.0. The zero-order valence-electron chi connectivity index (χ0n) is 79.9. The van der Waals surface area contributed by atoms with Crippen molar-refractivity contribution in [2.75, 3.05) is 27.4 Å². The van der Waals surface area contributed by atoms with E-state index in [0.29, 0.717) is 56.3 Å². The van der Waals surface area contributed by atoms with E-state index < -0.39 is 312 Å². The molecule has 19 nitrogen and oxygen atoms in total. The number of methoxy groups -OCH3 is 2. The van der Waals surface area contributed by atoms with Crippen LogP contribution in [-0.2, 0) is 132 Å². The Morgan fingerprint density at radius 1 is 0.333 bits per heavy atom. The Labute approximate surface area is 818 Å². The maximum atomic E-state index is 16.6. The van der Waals surface area contributed by atoms with Crippen LogP contribution in [0.25, 0.3) is 22.3 Å². The second kappa shape index (κ2) is 48.2. The van der Waals surface area contributed by atoms with E-state index in [1.54, 1.807) is 121 Å². The molecule has 0 aliphatic heterocycles. The molecule has 0 unspecified atom stereocenters. The Kier molecular flexibility index (Phi) is 38.3. The van der Waals surface area contributed by atoms with Crippen LogP contribution >= 0.6 is 15.6 Å². The monoisotopic (exact) mass is 2080 g/mol. The highest BCUT2D eigenvalue weighted by Crippen LogP contribution is 2.55. The SMILES string of the molecule is COc1cc(F)c(C(C)C)cc1-c1ccc(C(F)(F)F)cc1CN(C(=O)OC(C)(C)C)[C@@H](CCCCOP(=O)(OCc1ccccc1)OCc1ccccc1)[C@H](OC(=O)O[C@H](c1cc(C(F)(F)F)cc(C(F)(F)F)c1)[C@H](CCCCOP(=O)(OCc1ccccc1)OCc1ccccc1)N(Cc1cc(C(F)(F)F)ccc1-c1cc(C(C)C)c(F)cc1OC)C(=O)OC(C)(C)C)c1cc(C(F)(F)F)cc(C(F)(F)F)c1. The lowest BCUT2D eigenvalue weighted by Gasteiger charge is -2.40. The lowest BCUT2D eigenvalue weighted by molar-refractivity contribution is -0.144. The average Bonchev–Trinajstić information content (AvgIpc) is 0.767. The Balaban J connectivity index is 1.27. The summed E-state index contributed by atoms with van der Waals surface area (Å²) in [6, 6.07) is 32.9. The van der Waals surface area contributed by atoms with Gasteiger partial charge in [0.15, 0.2) is 12.2 Å². The first-order valence-corrected chi connectivity index (χ1v) is 48.0. The number of halogens is 20. The van der Waals surface area contributed by atoms with Crippen molar-refractivity contribution in [2.24, 2.45) is 0 Å². The normalized spacial score (nSPS) is 13.6. The molecule has 780 valence electrons. The molecule has 10 aromatic rings. The molecule has 0 radical (unpaired) electrons. The van der Waals surface area contributed by atoms with E-state index in [1.807, 2.05) is 0 Å². The molecule has 0 spiro atoms. The van der Waals surface area contributed by atoms with Crippen LogP contribution in [0.3, 0.4) is 0 Å². The first-order valence-electron chi connectivity index (χ1n) is 45.1. The van der Waals surface area contributed by atoms with Crippen LogP contribution < -0.4 is 9.47 Å². The van der Waals surface area contributed by atoms with Gasteiger partial charge in [0.25, 0.3) is 0 Å². The van der Waals surface area contributed by atoms with Crippen LogP contribution in [0.5, 0.6) is 11.5 Å². The van der Waals surface area contributed by atoms with E-state index in [2.05, 4.69) is 0 Å². The average molecular weight is 2090 g/mol. The third-order valence-electron chi connectivity index (χ3n) is 22.3. The number of carbonyl (C=O) groups excluding carboxylic acids is 3. The van der Waals surface area contributed by atoms with Gasteiger partial charge in [0, 0.05) is 23.3 Å². The molecule has 0 fully saturated rings. The Morgan fingerprint density at radius 3 is 0.861 bits per heavy atom. The molecule has 41 heteroatoms. The van der Waals surface area contributed by atoms with Gasteiger partial charge in [0.05, 0.1) is 112 Å². The van der Waals surface area contributed by atoms with Gasteiger partial charge in [0.2, 0.25) is 0 Å². The highest BCUT2D eigenvalue weighted by Gasteiger charge is 2.48. The van der Waals surface area contributed by atoms with Gasteiger partial charge in [-0.05, 0) is 231 Å². The van der Waals surface area contributed by atoms with Crippen LogP contribution in [-0.4, -0.2) is 78.9 Å². The van der Waals surface area contributed by atoms with E-state index in [0.717, 1.165) is 50.6 Å². The standard InChI is InChI=1S/C103H106F20N2O17P2/c1-63(2)81-53-83(89(131-11)55-85(81)104)79-41-39-73(98(106,107)108)49-71(79)57-124(93(126)141-96(5,6)7)87(37-25-27-43-133-143(129,135-59-65-29-17-13-18-30-65)136-60-66-31-19-14-20-32-66)91(69-45-75(100(112,113)114)51-76(46-69)101(115,116)117)139-95(128)140-92(70-47-77(102(118,119)120)52-78(48-70)103(121,122)123)88(38-26-28-44-134-144(130,137-61-67-33-21-15-22-34-67)138-62-68-35-23-16-24-36-68)125(94(127)142-97(8,9)10)58-72-50-74(99(109,110)111)40-42-80(72)84-54-82(64(3)4)86(105)56-90(84)132-12/h13-24,29-36,39-42,45-56,63-64,87-88,91-92H,25-28,37-38,43-44,57-62H2,1-12H3/t87-,88-,91+,92+/m0/s1. The number of unbranched alkanes of at least 4 members (excludes halogenated alkanes) is 2. The molecule has 10 aromatic carbocycles. The largest absolute Gasteiger partial charge is 0.509 e. The predicted molar refractivity (Wildman–Crippen MR) is 492 cm³/mol. The van der Waals surface area contributed by atoms with Crippen molar-refractivity contribution in [3.63, 3.8) is 0 Å². The summed E-state index contributed by atoms with van der Waals surface area (Å²) in [5, 5.41) is 0. The lowest BCUT2D eigenvalue weighted by atomic mass is 9.90. The summed E-state index contributed by atoms with van der Waals surface area (Å²) < 4.78 is 418. The summed E-state index contributed by atoms with van der Waals surface area (Å²) in [4.78, 5) is 49.5. The van der Waals surface area contributed by atoms with Gasteiger partial charge in [-0.25, -0.2) is 32.3 Å². The van der Waals surface area contributed by atoms with Crippen molar-refractivity contribution < 1.29 is 167 Å². The summed E-state index contributed by atoms with van der Waals surface area (Å²) in [5.74, 6) is -4.18. The van der Waals surface area contributed by atoms with E-state index in [4.69, 9.17) is 55.6 Å². The van der Waals surface area contributed by atoms with E-state index >= 15 is 102 Å². The zero-order valence-corrected chi connectivity index (χ0v) is 81.7. The Bertz CT molecular complexity index is 5560. The predicted octanol–water partition coefficient (Wildman–Crippen LogP) is 31.7. The second-order valence-corrected chi connectivity index (χ2v) is 39.5. The van der Waals surface area contributed by atoms with Crippen LogP contribution in [0.1, 0.15) is 221 Å². The van der Waals surface area contributed by atoms with E-state index in [-0.39, 0.29) is 46.5 Å². The smallest absolute Gasteiger partial charge is 0.496 e. The summed E-state index contributed by atoms with van der Waals surface area (Å²) in [6.45, 7) is 6.83. The molecule has 4 atom stereocenters. The number of carbonyl (C=O) groups is 3. The molecule has 10 rings (SSSR count). The third kappa shape index (κ3) is 32.7. The molecule has 0 saturated carbocycles. The molecule has 0 aliphatic carbocycles. The van der Waals surface area contributed by atoms with Crippen molar-refractivity contribution in [1.29, 1.82) is 0 Å². The summed E-state index contributed by atoms with van der Waals surface area (Å²) in [7, 11) is -7.70. The van der Waals surface area contributed by atoms with Crippen LogP contribution in [0.15, 0.2) is 218 Å². The lowest BCUT2D eigenvalue weighted by Crippen LogP contribution is -2.48. The number of amides is 2. The maximum absolute atomic E-state index is 16.6. The van der Waals surface area contributed by atoms with Crippen molar-refractivity contribution in [2.45, 2.75) is 232 Å². The first kappa shape index (κ1) is 114. The summed E-state index contributed by atoms with van der Waals surface area (Å²) >= 11 is 0. The highest BCUT2D eigenvalue weighted by molar-refractivity contribution is 7.48. The van der Waals surface area contributed by atoms with E-state index in [1.165, 1.54) is 69.2 Å². The number of hydrogen-bond donors (Lipinski definition) is 0. The fraction of sp³-hybridized carbons (Fsp3) is 0.388. The minimum absolute atomic E-state index is 0.0757. The van der Waals surface area contributed by atoms with Crippen molar-refractivity contribution in [3.8, 4) is 33.8 Å². The maximum Gasteiger partial charge on any atom is 0.509 e. The van der Waals surface area contributed by atoms with Crippen molar-refractivity contribution in [3.05, 3.63) is 319 Å². The topological polar surface area (TPSA) is 203 Å². The van der Waals surface area contributed by atoms with Gasteiger partial charge >= 0.3 is 71.0 Å². The fourth-order valence-electron chi connectivity index (χ4n) is 15.4. The minimum atomic E-state index is -5.93. The van der Waals surface area contributed by atoms with Crippen LogP contribution in [0, 0.1) is 11.6 Å². The number of alkyl halides is 18. The number of rotatable bonds is 42. The molecule has 0 saturated heterocycles. The third-order valence-corrected chi connectivity index (χ3v) is 25.1. The molecule has 0 bridgehead atoms. The molecule has 0 aliphatic rings. The number of phosphoric acid groups is 2. The number of hydrogen-bond acceptors (Lipinski definition) is 17.